The van der Waals surface area contributed by atoms with Crippen molar-refractivity contribution in [3.8, 4) is 0 Å². The van der Waals surface area contributed by atoms with E-state index < -0.39 is 10.0 Å². The van der Waals surface area contributed by atoms with Gasteiger partial charge in [0.05, 0.1) is 6.26 Å². The lowest BCUT2D eigenvalue weighted by Gasteiger charge is -2.18. The van der Waals surface area contributed by atoms with Crippen LogP contribution in [0.1, 0.15) is 24.8 Å². The van der Waals surface area contributed by atoms with Gasteiger partial charge in [-0.1, -0.05) is 25.1 Å². The third kappa shape index (κ3) is 4.71. The molecule has 118 valence electrons. The molecule has 0 radical (unpaired) electrons. The van der Waals surface area contributed by atoms with Crippen molar-refractivity contribution in [1.82, 2.24) is 9.62 Å². The number of thioether (sulfide) groups is 1. The molecule has 1 heterocycles. The van der Waals surface area contributed by atoms with Crippen LogP contribution in [0.4, 0.5) is 0 Å². The predicted octanol–water partition coefficient (Wildman–Crippen LogP) is 2.14. The summed E-state index contributed by atoms with van der Waals surface area (Å²) in [5.41, 5.74) is 1.45. The van der Waals surface area contributed by atoms with E-state index in [1.54, 1.807) is 0 Å². The molecule has 0 aliphatic carbocycles. The summed E-state index contributed by atoms with van der Waals surface area (Å²) < 4.78 is 24.5. The van der Waals surface area contributed by atoms with Crippen molar-refractivity contribution in [2.24, 2.45) is 0 Å². The zero-order valence-electron chi connectivity index (χ0n) is 12.7. The molecule has 1 unspecified atom stereocenters. The van der Waals surface area contributed by atoms with Crippen molar-refractivity contribution >= 4 is 21.8 Å². The molecular formula is C15H24N2O2S2. The highest BCUT2D eigenvalue weighted by molar-refractivity contribution is 7.99. The fourth-order valence-corrected chi connectivity index (χ4v) is 4.80. The lowest BCUT2D eigenvalue weighted by Crippen LogP contribution is -2.33. The van der Waals surface area contributed by atoms with E-state index in [0.29, 0.717) is 19.0 Å². The van der Waals surface area contributed by atoms with Crippen LogP contribution in [0.25, 0.3) is 0 Å². The smallest absolute Gasteiger partial charge is 0.211 e. The molecule has 0 bridgehead atoms. The van der Waals surface area contributed by atoms with E-state index in [1.165, 1.54) is 21.0 Å². The summed E-state index contributed by atoms with van der Waals surface area (Å²) in [6.45, 7) is 4.84. The first-order chi connectivity index (χ1) is 10.0. The normalized spacial score (nSPS) is 18.1. The third-order valence-electron chi connectivity index (χ3n) is 3.77. The molecule has 21 heavy (non-hydrogen) atoms. The lowest BCUT2D eigenvalue weighted by molar-refractivity contribution is 0.418. The molecule has 0 fully saturated rings. The Labute approximate surface area is 132 Å². The second-order valence-electron chi connectivity index (χ2n) is 5.36. The molecule has 0 amide bonds. The van der Waals surface area contributed by atoms with Crippen molar-refractivity contribution in [2.45, 2.75) is 24.2 Å². The molecule has 0 aromatic heterocycles. The van der Waals surface area contributed by atoms with Crippen LogP contribution in [0.15, 0.2) is 29.2 Å². The van der Waals surface area contributed by atoms with E-state index in [1.807, 2.05) is 18.7 Å². The minimum absolute atomic E-state index is 0.547. The molecule has 1 aromatic carbocycles. The molecule has 1 aliphatic heterocycles. The maximum absolute atomic E-state index is 11.5. The second-order valence-corrected chi connectivity index (χ2v) is 8.40. The molecular weight excluding hydrogens is 304 g/mol. The highest BCUT2D eigenvalue weighted by Gasteiger charge is 2.22. The number of nitrogens with one attached hydrogen (secondary N) is 1. The van der Waals surface area contributed by atoms with Gasteiger partial charge in [-0.3, -0.25) is 0 Å². The van der Waals surface area contributed by atoms with Gasteiger partial charge in [-0.25, -0.2) is 12.7 Å². The van der Waals surface area contributed by atoms with Crippen LogP contribution < -0.4 is 5.32 Å². The third-order valence-corrected chi connectivity index (χ3v) is 6.40. The Kier molecular flexibility index (Phi) is 6.10. The van der Waals surface area contributed by atoms with Crippen LogP contribution in [-0.2, 0) is 10.0 Å². The van der Waals surface area contributed by atoms with Crippen LogP contribution >= 0.6 is 11.8 Å². The van der Waals surface area contributed by atoms with Crippen LogP contribution in [0.3, 0.4) is 0 Å². The summed E-state index contributed by atoms with van der Waals surface area (Å²) >= 11 is 1.92. The highest BCUT2D eigenvalue weighted by Crippen LogP contribution is 2.38. The van der Waals surface area contributed by atoms with Crippen molar-refractivity contribution in [3.05, 3.63) is 29.8 Å². The number of hydrogen-bond donors (Lipinski definition) is 1. The zero-order valence-corrected chi connectivity index (χ0v) is 14.3. The van der Waals surface area contributed by atoms with Crippen molar-refractivity contribution in [2.75, 3.05) is 38.2 Å². The van der Waals surface area contributed by atoms with E-state index in [4.69, 9.17) is 0 Å². The number of sulfonamides is 1. The highest BCUT2D eigenvalue weighted by atomic mass is 32.2. The molecule has 1 aliphatic rings. The Hall–Kier alpha value is -0.560. The van der Waals surface area contributed by atoms with Gasteiger partial charge in [0.25, 0.3) is 0 Å². The average Bonchev–Trinajstić information content (AvgIpc) is 2.85. The number of benzene rings is 1. The molecule has 0 saturated carbocycles. The van der Waals surface area contributed by atoms with E-state index >= 15 is 0 Å². The summed E-state index contributed by atoms with van der Waals surface area (Å²) in [5, 5.41) is 3.46. The van der Waals surface area contributed by atoms with Gasteiger partial charge in [0.1, 0.15) is 0 Å². The molecule has 6 heteroatoms. The maximum Gasteiger partial charge on any atom is 0.211 e. The fourth-order valence-electron chi connectivity index (χ4n) is 2.61. The molecule has 1 N–H and O–H groups in total. The zero-order chi connectivity index (χ0) is 15.3. The molecule has 0 spiro atoms. The van der Waals surface area contributed by atoms with Crippen molar-refractivity contribution in [3.63, 3.8) is 0 Å². The van der Waals surface area contributed by atoms with Crippen LogP contribution in [0.2, 0.25) is 0 Å². The first-order valence-corrected chi connectivity index (χ1v) is 10.2. The molecule has 2 rings (SSSR count). The molecule has 0 saturated heterocycles. The van der Waals surface area contributed by atoms with Crippen LogP contribution in [-0.4, -0.2) is 50.9 Å². The fraction of sp³-hybridized carbons (Fsp3) is 0.600. The SMILES string of the molecule is CCN(CCCNCC1CSc2ccccc21)S(C)(=O)=O. The van der Waals surface area contributed by atoms with Gasteiger partial charge in [-0.05, 0) is 24.6 Å². The maximum atomic E-state index is 11.5. The van der Waals surface area contributed by atoms with Gasteiger partial charge in [0, 0.05) is 36.2 Å². The van der Waals surface area contributed by atoms with E-state index in [-0.39, 0.29) is 0 Å². The Morgan fingerprint density at radius 2 is 2.14 bits per heavy atom. The minimum Gasteiger partial charge on any atom is -0.316 e. The minimum atomic E-state index is -3.06. The largest absolute Gasteiger partial charge is 0.316 e. The summed E-state index contributed by atoms with van der Waals surface area (Å²) in [6, 6.07) is 8.59. The first kappa shape index (κ1) is 16.8. The lowest BCUT2D eigenvalue weighted by atomic mass is 10.0. The molecule has 1 atom stereocenters. The number of fused-ring (bicyclic) bond motifs is 1. The first-order valence-electron chi connectivity index (χ1n) is 7.40. The van der Waals surface area contributed by atoms with Gasteiger partial charge < -0.3 is 5.32 Å². The number of hydrogen-bond acceptors (Lipinski definition) is 4. The summed E-state index contributed by atoms with van der Waals surface area (Å²) in [6.07, 6.45) is 2.12. The Morgan fingerprint density at radius 1 is 1.38 bits per heavy atom. The standard InChI is InChI=1S/C15H24N2O2S2/c1-3-17(21(2,18)19)10-6-9-16-11-13-12-20-15-8-5-4-7-14(13)15/h4-5,7-8,13,16H,3,6,9-12H2,1-2H3. The van der Waals surface area contributed by atoms with Crippen molar-refractivity contribution < 1.29 is 8.42 Å². The van der Waals surface area contributed by atoms with Gasteiger partial charge in [0.15, 0.2) is 0 Å². The monoisotopic (exact) mass is 328 g/mol. The van der Waals surface area contributed by atoms with Crippen LogP contribution in [0.5, 0.6) is 0 Å². The summed E-state index contributed by atoms with van der Waals surface area (Å²) in [4.78, 5) is 1.40. The second kappa shape index (κ2) is 7.63. The topological polar surface area (TPSA) is 49.4 Å². The van der Waals surface area contributed by atoms with Crippen LogP contribution in [0, 0.1) is 0 Å². The Bertz CT molecular complexity index is 561. The quantitative estimate of drug-likeness (QED) is 0.743. The van der Waals surface area contributed by atoms with Gasteiger partial charge in [-0.15, -0.1) is 11.8 Å². The van der Waals surface area contributed by atoms with E-state index in [2.05, 4.69) is 29.6 Å². The number of nitrogens with zero attached hydrogens (tertiary/aromatic N) is 1. The summed E-state index contributed by atoms with van der Waals surface area (Å²) in [7, 11) is -3.06. The average molecular weight is 329 g/mol. The van der Waals surface area contributed by atoms with E-state index in [0.717, 1.165) is 25.3 Å². The Morgan fingerprint density at radius 3 is 2.86 bits per heavy atom. The van der Waals surface area contributed by atoms with Crippen molar-refractivity contribution in [1.29, 1.82) is 0 Å². The predicted molar refractivity (Wildman–Crippen MR) is 89.5 cm³/mol. The van der Waals surface area contributed by atoms with Gasteiger partial charge in [-0.2, -0.15) is 0 Å². The van der Waals surface area contributed by atoms with Gasteiger partial charge >= 0.3 is 0 Å². The van der Waals surface area contributed by atoms with Gasteiger partial charge in [0.2, 0.25) is 10.0 Å². The number of rotatable bonds is 8. The molecule has 4 nitrogen and oxygen atoms in total. The Balaban J connectivity index is 1.69. The molecule has 1 aromatic rings. The summed E-state index contributed by atoms with van der Waals surface area (Å²) in [5.74, 6) is 1.71. The van der Waals surface area contributed by atoms with E-state index in [9.17, 15) is 8.42 Å².